The normalized spacial score (nSPS) is 17.4. The summed E-state index contributed by atoms with van der Waals surface area (Å²) in [6, 6.07) is 8.90. The lowest BCUT2D eigenvalue weighted by atomic mass is 10.1. The molecule has 2 aromatic heterocycles. The molecule has 9 nitrogen and oxygen atoms in total. The van der Waals surface area contributed by atoms with Crippen molar-refractivity contribution in [2.24, 2.45) is 0 Å². The van der Waals surface area contributed by atoms with E-state index in [4.69, 9.17) is 24.2 Å². The quantitative estimate of drug-likeness (QED) is 0.378. The number of likely N-dealkylation sites (N-methyl/N-ethyl adjacent to an activating group) is 1. The predicted octanol–water partition coefficient (Wildman–Crippen LogP) is 4.55. The molecule has 2 aliphatic rings. The summed E-state index contributed by atoms with van der Waals surface area (Å²) in [4.78, 5) is 29.0. The van der Waals surface area contributed by atoms with Crippen LogP contribution in [0.1, 0.15) is 43.9 Å². The zero-order valence-electron chi connectivity index (χ0n) is 22.4. The molecule has 10 heteroatoms. The number of benzene rings is 1. The predicted molar refractivity (Wildman–Crippen MR) is 145 cm³/mol. The summed E-state index contributed by atoms with van der Waals surface area (Å²) in [5.41, 5.74) is 3.01. The number of anilines is 2. The lowest BCUT2D eigenvalue weighted by molar-refractivity contribution is -0.165. The summed E-state index contributed by atoms with van der Waals surface area (Å²) < 4.78 is 30.8. The molecule has 1 saturated heterocycles. The Kier molecular flexibility index (Phi) is 8.63. The van der Waals surface area contributed by atoms with Gasteiger partial charge in [-0.3, -0.25) is 9.78 Å². The van der Waals surface area contributed by atoms with Gasteiger partial charge in [0.05, 0.1) is 6.61 Å². The van der Waals surface area contributed by atoms with Crippen molar-refractivity contribution in [2.75, 3.05) is 37.1 Å². The smallest absolute Gasteiger partial charge is 0.246 e. The first-order valence-corrected chi connectivity index (χ1v) is 13.5. The minimum absolute atomic E-state index is 0.149. The van der Waals surface area contributed by atoms with Crippen LogP contribution in [0.2, 0.25) is 0 Å². The number of fused-ring (bicyclic) bond motifs is 1. The molecule has 2 unspecified atom stereocenters. The van der Waals surface area contributed by atoms with Crippen LogP contribution >= 0.6 is 0 Å². The van der Waals surface area contributed by atoms with Gasteiger partial charge in [0.25, 0.3) is 0 Å². The number of carbonyl (C=O) groups excluding carboxylic acids is 1. The van der Waals surface area contributed by atoms with Crippen molar-refractivity contribution < 1.29 is 23.4 Å². The fraction of sp³-hybridized carbons (Fsp3) is 0.448. The van der Waals surface area contributed by atoms with Crippen molar-refractivity contribution in [3.05, 3.63) is 59.7 Å². The van der Waals surface area contributed by atoms with Gasteiger partial charge in [0, 0.05) is 42.9 Å². The van der Waals surface area contributed by atoms with Crippen molar-refractivity contribution in [1.29, 1.82) is 0 Å². The van der Waals surface area contributed by atoms with Crippen LogP contribution in [0.25, 0.3) is 11.5 Å². The highest BCUT2D eigenvalue weighted by atomic mass is 19.1. The second kappa shape index (κ2) is 12.5. The van der Waals surface area contributed by atoms with Crippen LogP contribution in [-0.2, 0) is 27.1 Å². The number of aryl methyl sites for hydroxylation is 1. The summed E-state index contributed by atoms with van der Waals surface area (Å²) >= 11 is 0. The fourth-order valence-electron chi connectivity index (χ4n) is 4.80. The average molecular weight is 536 g/mol. The Morgan fingerprint density at radius 1 is 1.18 bits per heavy atom. The third-order valence-corrected chi connectivity index (χ3v) is 7.05. The van der Waals surface area contributed by atoms with Crippen molar-refractivity contribution in [3.63, 3.8) is 0 Å². The molecule has 1 aliphatic carbocycles. The van der Waals surface area contributed by atoms with Crippen LogP contribution in [0.3, 0.4) is 0 Å². The average Bonchev–Trinajstić information content (AvgIpc) is 3.44. The van der Waals surface area contributed by atoms with Gasteiger partial charge in [0.2, 0.25) is 5.91 Å². The summed E-state index contributed by atoms with van der Waals surface area (Å²) in [7, 11) is 1.84. The van der Waals surface area contributed by atoms with Gasteiger partial charge in [0.15, 0.2) is 12.1 Å². The number of nitrogens with one attached hydrogen (secondary N) is 1. The molecule has 5 rings (SSSR count). The number of pyridine rings is 1. The van der Waals surface area contributed by atoms with E-state index in [9.17, 15) is 9.18 Å². The lowest BCUT2D eigenvalue weighted by Crippen LogP contribution is -2.40. The topological polar surface area (TPSA) is 98.7 Å². The second-order valence-corrected chi connectivity index (χ2v) is 9.83. The number of halogens is 1. The molecule has 0 radical (unpaired) electrons. The first-order valence-electron chi connectivity index (χ1n) is 13.5. The molecule has 3 heterocycles. The molecule has 1 aliphatic heterocycles. The van der Waals surface area contributed by atoms with E-state index < -0.39 is 11.9 Å². The maximum Gasteiger partial charge on any atom is 0.246 e. The highest BCUT2D eigenvalue weighted by Gasteiger charge is 2.27. The Balaban J connectivity index is 1.29. The van der Waals surface area contributed by atoms with Crippen LogP contribution < -0.4 is 15.0 Å². The SMILES string of the molecule is CC(C(=O)Nc1cccc(F)c1)N(C)c1nc(-c2cc(OCCOC3CCCCO3)ccn2)nc2c1CCC2. The summed E-state index contributed by atoms with van der Waals surface area (Å²) in [5.74, 6) is 1.16. The van der Waals surface area contributed by atoms with E-state index in [0.29, 0.717) is 42.0 Å². The molecule has 2 atom stereocenters. The molecule has 1 N–H and O–H groups in total. The number of nitrogens with zero attached hydrogens (tertiary/aromatic N) is 4. The first-order chi connectivity index (χ1) is 19.0. The van der Waals surface area contributed by atoms with Gasteiger partial charge in [-0.25, -0.2) is 14.4 Å². The number of hydrogen-bond acceptors (Lipinski definition) is 8. The maximum atomic E-state index is 13.6. The van der Waals surface area contributed by atoms with Crippen LogP contribution in [-0.4, -0.2) is 60.1 Å². The number of ether oxygens (including phenoxy) is 3. The molecule has 1 fully saturated rings. The fourth-order valence-corrected chi connectivity index (χ4v) is 4.80. The Morgan fingerprint density at radius 2 is 2.08 bits per heavy atom. The molecular weight excluding hydrogens is 501 g/mol. The molecule has 3 aromatic rings. The Hall–Kier alpha value is -3.63. The first kappa shape index (κ1) is 27.0. The number of hydrogen-bond donors (Lipinski definition) is 1. The monoisotopic (exact) mass is 535 g/mol. The Bertz CT molecular complexity index is 1300. The third-order valence-electron chi connectivity index (χ3n) is 7.05. The van der Waals surface area contributed by atoms with Crippen molar-refractivity contribution in [3.8, 4) is 17.3 Å². The van der Waals surface area contributed by atoms with Gasteiger partial charge in [-0.1, -0.05) is 6.07 Å². The maximum absolute atomic E-state index is 13.6. The van der Waals surface area contributed by atoms with Crippen molar-refractivity contribution in [2.45, 2.75) is 57.8 Å². The number of carbonyl (C=O) groups is 1. The molecule has 0 spiro atoms. The zero-order chi connectivity index (χ0) is 27.2. The molecule has 1 aromatic carbocycles. The Labute approximate surface area is 227 Å². The number of amides is 1. The van der Waals surface area contributed by atoms with Gasteiger partial charge < -0.3 is 24.4 Å². The second-order valence-electron chi connectivity index (χ2n) is 9.83. The summed E-state index contributed by atoms with van der Waals surface area (Å²) in [5, 5.41) is 2.79. The third kappa shape index (κ3) is 6.69. The van der Waals surface area contributed by atoms with Crippen LogP contribution in [0.4, 0.5) is 15.9 Å². The van der Waals surface area contributed by atoms with Crippen LogP contribution in [0, 0.1) is 5.82 Å². The summed E-state index contributed by atoms with van der Waals surface area (Å²) in [6.07, 6.45) is 7.29. The standard InChI is InChI=1S/C29H34FN5O4/c1-19(29(36)32-21-8-5-7-20(30)17-21)35(2)28-23-9-6-10-24(23)33-27(34-28)25-18-22(12-13-31-25)37-15-16-39-26-11-3-4-14-38-26/h5,7-8,12-13,17-19,26H,3-4,6,9-11,14-16H2,1-2H3,(H,32,36). The molecule has 206 valence electrons. The van der Waals surface area contributed by atoms with Gasteiger partial charge in [-0.15, -0.1) is 0 Å². The molecule has 1 amide bonds. The number of aromatic nitrogens is 3. The van der Waals surface area contributed by atoms with E-state index in [-0.39, 0.29) is 12.2 Å². The van der Waals surface area contributed by atoms with Crippen LogP contribution in [0.5, 0.6) is 5.75 Å². The van der Waals surface area contributed by atoms with Gasteiger partial charge in [0.1, 0.15) is 35.7 Å². The number of rotatable bonds is 10. The van der Waals surface area contributed by atoms with Gasteiger partial charge in [-0.2, -0.15) is 0 Å². The van der Waals surface area contributed by atoms with Crippen molar-refractivity contribution >= 4 is 17.4 Å². The van der Waals surface area contributed by atoms with E-state index in [1.807, 2.05) is 18.0 Å². The largest absolute Gasteiger partial charge is 0.491 e. The van der Waals surface area contributed by atoms with Crippen molar-refractivity contribution in [1.82, 2.24) is 15.0 Å². The minimum atomic E-state index is -0.559. The molecule has 0 bridgehead atoms. The highest BCUT2D eigenvalue weighted by Crippen LogP contribution is 2.32. The van der Waals surface area contributed by atoms with E-state index in [1.54, 1.807) is 31.3 Å². The van der Waals surface area contributed by atoms with Crippen LogP contribution in [0.15, 0.2) is 42.6 Å². The van der Waals surface area contributed by atoms with Gasteiger partial charge >= 0.3 is 0 Å². The molecular formula is C29H34FN5O4. The highest BCUT2D eigenvalue weighted by molar-refractivity contribution is 5.96. The molecule has 39 heavy (non-hydrogen) atoms. The van der Waals surface area contributed by atoms with E-state index in [2.05, 4.69) is 10.3 Å². The van der Waals surface area contributed by atoms with E-state index in [0.717, 1.165) is 56.4 Å². The Morgan fingerprint density at radius 3 is 2.90 bits per heavy atom. The minimum Gasteiger partial charge on any atom is -0.491 e. The van der Waals surface area contributed by atoms with E-state index >= 15 is 0 Å². The zero-order valence-corrected chi connectivity index (χ0v) is 22.4. The molecule has 0 saturated carbocycles. The van der Waals surface area contributed by atoms with E-state index in [1.165, 1.54) is 12.1 Å². The van der Waals surface area contributed by atoms with Gasteiger partial charge in [-0.05, 0) is 69.7 Å². The summed E-state index contributed by atoms with van der Waals surface area (Å²) in [6.45, 7) is 3.36. The lowest BCUT2D eigenvalue weighted by Gasteiger charge is -2.27.